The number of hydrogen-bond donors (Lipinski definition) is 1. The highest BCUT2D eigenvalue weighted by molar-refractivity contribution is 8.00. The van der Waals surface area contributed by atoms with Gasteiger partial charge in [-0.15, -0.1) is 11.8 Å². The van der Waals surface area contributed by atoms with Gasteiger partial charge in [-0.3, -0.25) is 0 Å². The van der Waals surface area contributed by atoms with E-state index in [2.05, 4.69) is 6.07 Å². The molecule has 2 unspecified atom stereocenters. The van der Waals surface area contributed by atoms with Crippen molar-refractivity contribution in [3.05, 3.63) is 24.3 Å². The topological polar surface area (TPSA) is 44.5 Å². The summed E-state index contributed by atoms with van der Waals surface area (Å²) < 4.78 is 10.6. The van der Waals surface area contributed by atoms with Gasteiger partial charge in [-0.2, -0.15) is 0 Å². The SMILES string of the molecule is COc1cccc(SC2COCCC2N)c1. The van der Waals surface area contributed by atoms with E-state index in [0.717, 1.165) is 25.4 Å². The van der Waals surface area contributed by atoms with Gasteiger partial charge in [-0.05, 0) is 24.6 Å². The van der Waals surface area contributed by atoms with Crippen LogP contribution in [0, 0.1) is 0 Å². The Morgan fingerprint density at radius 2 is 2.38 bits per heavy atom. The first-order valence-corrected chi connectivity index (χ1v) is 6.31. The number of benzene rings is 1. The first-order chi connectivity index (χ1) is 7.79. The van der Waals surface area contributed by atoms with Crippen molar-refractivity contribution in [2.45, 2.75) is 22.6 Å². The van der Waals surface area contributed by atoms with E-state index in [-0.39, 0.29) is 6.04 Å². The van der Waals surface area contributed by atoms with Crippen molar-refractivity contribution in [1.82, 2.24) is 0 Å². The fourth-order valence-corrected chi connectivity index (χ4v) is 2.87. The first-order valence-electron chi connectivity index (χ1n) is 5.43. The number of nitrogens with two attached hydrogens (primary N) is 1. The summed E-state index contributed by atoms with van der Waals surface area (Å²) in [5.41, 5.74) is 6.07. The van der Waals surface area contributed by atoms with Gasteiger partial charge in [0.05, 0.1) is 13.7 Å². The molecule has 1 aromatic rings. The van der Waals surface area contributed by atoms with Crippen LogP contribution in [0.15, 0.2) is 29.2 Å². The van der Waals surface area contributed by atoms with Crippen molar-refractivity contribution >= 4 is 11.8 Å². The molecule has 2 N–H and O–H groups in total. The average Bonchev–Trinajstić information content (AvgIpc) is 2.32. The van der Waals surface area contributed by atoms with E-state index in [9.17, 15) is 0 Å². The van der Waals surface area contributed by atoms with Crippen LogP contribution in [0.4, 0.5) is 0 Å². The van der Waals surface area contributed by atoms with Crippen LogP contribution in [0.5, 0.6) is 5.75 Å². The largest absolute Gasteiger partial charge is 0.497 e. The maximum Gasteiger partial charge on any atom is 0.119 e. The minimum Gasteiger partial charge on any atom is -0.497 e. The summed E-state index contributed by atoms with van der Waals surface area (Å²) in [6, 6.07) is 8.28. The van der Waals surface area contributed by atoms with Crippen LogP contribution in [0.3, 0.4) is 0 Å². The van der Waals surface area contributed by atoms with Crippen molar-refractivity contribution in [1.29, 1.82) is 0 Å². The quantitative estimate of drug-likeness (QED) is 0.875. The summed E-state index contributed by atoms with van der Waals surface area (Å²) in [6.45, 7) is 1.53. The summed E-state index contributed by atoms with van der Waals surface area (Å²) in [5.74, 6) is 0.885. The summed E-state index contributed by atoms with van der Waals surface area (Å²) >= 11 is 1.77. The molecular formula is C12H17NO2S. The molecular weight excluding hydrogens is 222 g/mol. The van der Waals surface area contributed by atoms with Crippen LogP contribution < -0.4 is 10.5 Å². The zero-order valence-corrected chi connectivity index (χ0v) is 10.2. The molecule has 0 aromatic heterocycles. The molecule has 2 atom stereocenters. The number of thioether (sulfide) groups is 1. The van der Waals surface area contributed by atoms with Gasteiger partial charge >= 0.3 is 0 Å². The molecule has 1 fully saturated rings. The van der Waals surface area contributed by atoms with Gasteiger partial charge in [0.15, 0.2) is 0 Å². The Morgan fingerprint density at radius 3 is 3.12 bits per heavy atom. The molecule has 1 saturated heterocycles. The highest BCUT2D eigenvalue weighted by atomic mass is 32.2. The van der Waals surface area contributed by atoms with Crippen LogP contribution in [-0.4, -0.2) is 31.6 Å². The molecule has 1 aromatic carbocycles. The molecule has 0 saturated carbocycles. The van der Waals surface area contributed by atoms with E-state index in [1.165, 1.54) is 4.90 Å². The van der Waals surface area contributed by atoms with Crippen molar-refractivity contribution < 1.29 is 9.47 Å². The van der Waals surface area contributed by atoms with Gasteiger partial charge in [-0.1, -0.05) is 6.07 Å². The van der Waals surface area contributed by atoms with Crippen LogP contribution in [0.1, 0.15) is 6.42 Å². The fourth-order valence-electron chi connectivity index (χ4n) is 1.70. The molecule has 3 nitrogen and oxygen atoms in total. The zero-order valence-electron chi connectivity index (χ0n) is 9.39. The number of ether oxygens (including phenoxy) is 2. The molecule has 4 heteroatoms. The minimum atomic E-state index is 0.227. The predicted octanol–water partition coefficient (Wildman–Crippen LogP) is 1.90. The monoisotopic (exact) mass is 239 g/mol. The molecule has 1 heterocycles. The first kappa shape index (κ1) is 11.8. The Balaban J connectivity index is 2.01. The van der Waals surface area contributed by atoms with Crippen molar-refractivity contribution in [2.75, 3.05) is 20.3 Å². The van der Waals surface area contributed by atoms with Gasteiger partial charge in [0.25, 0.3) is 0 Å². The Kier molecular flexibility index (Phi) is 4.09. The highest BCUT2D eigenvalue weighted by Crippen LogP contribution is 2.30. The standard InChI is InChI=1S/C12H17NO2S/c1-14-9-3-2-4-10(7-9)16-12-8-15-6-5-11(12)13/h2-4,7,11-12H,5-6,8,13H2,1H3. The zero-order chi connectivity index (χ0) is 11.4. The van der Waals surface area contributed by atoms with E-state index in [0.29, 0.717) is 5.25 Å². The summed E-state index contributed by atoms with van der Waals surface area (Å²) in [7, 11) is 1.68. The third-order valence-corrected chi connectivity index (χ3v) is 4.00. The molecule has 2 rings (SSSR count). The summed E-state index contributed by atoms with van der Waals surface area (Å²) in [4.78, 5) is 1.19. The lowest BCUT2D eigenvalue weighted by atomic mass is 10.1. The smallest absolute Gasteiger partial charge is 0.119 e. The van der Waals surface area contributed by atoms with Crippen LogP contribution in [0.2, 0.25) is 0 Å². The normalized spacial score (nSPS) is 25.4. The molecule has 0 aliphatic carbocycles. The van der Waals surface area contributed by atoms with E-state index < -0.39 is 0 Å². The third kappa shape index (κ3) is 2.90. The molecule has 0 spiro atoms. The Hall–Kier alpha value is -0.710. The summed E-state index contributed by atoms with van der Waals surface area (Å²) in [6.07, 6.45) is 0.946. The van der Waals surface area contributed by atoms with E-state index in [1.54, 1.807) is 18.9 Å². The van der Waals surface area contributed by atoms with Gasteiger partial charge < -0.3 is 15.2 Å². The lowest BCUT2D eigenvalue weighted by Gasteiger charge is -2.28. The van der Waals surface area contributed by atoms with E-state index in [4.69, 9.17) is 15.2 Å². The molecule has 1 aliphatic rings. The van der Waals surface area contributed by atoms with Crippen LogP contribution >= 0.6 is 11.8 Å². The molecule has 88 valence electrons. The second kappa shape index (κ2) is 5.57. The summed E-state index contributed by atoms with van der Waals surface area (Å²) in [5, 5.41) is 0.348. The fraction of sp³-hybridized carbons (Fsp3) is 0.500. The van der Waals surface area contributed by atoms with Gasteiger partial charge in [0.1, 0.15) is 5.75 Å². The van der Waals surface area contributed by atoms with Gasteiger partial charge in [0, 0.05) is 22.8 Å². The number of rotatable bonds is 3. The number of methoxy groups -OCH3 is 1. The van der Waals surface area contributed by atoms with Gasteiger partial charge in [0.2, 0.25) is 0 Å². The second-order valence-corrected chi connectivity index (χ2v) is 5.18. The van der Waals surface area contributed by atoms with E-state index in [1.807, 2.05) is 18.2 Å². The Bertz CT molecular complexity index is 346. The van der Waals surface area contributed by atoms with E-state index >= 15 is 0 Å². The lowest BCUT2D eigenvalue weighted by molar-refractivity contribution is 0.0916. The van der Waals surface area contributed by atoms with Crippen molar-refractivity contribution in [3.63, 3.8) is 0 Å². The Morgan fingerprint density at radius 1 is 1.50 bits per heavy atom. The van der Waals surface area contributed by atoms with Crippen molar-refractivity contribution in [2.24, 2.45) is 5.73 Å². The Labute approximate surface area is 100 Å². The molecule has 0 radical (unpaired) electrons. The molecule has 0 bridgehead atoms. The molecule has 0 amide bonds. The van der Waals surface area contributed by atoms with Crippen molar-refractivity contribution in [3.8, 4) is 5.75 Å². The highest BCUT2D eigenvalue weighted by Gasteiger charge is 2.23. The molecule has 16 heavy (non-hydrogen) atoms. The predicted molar refractivity (Wildman–Crippen MR) is 66.1 cm³/mol. The number of hydrogen-bond acceptors (Lipinski definition) is 4. The van der Waals surface area contributed by atoms with Gasteiger partial charge in [-0.25, -0.2) is 0 Å². The average molecular weight is 239 g/mol. The van der Waals surface area contributed by atoms with Crippen LogP contribution in [-0.2, 0) is 4.74 Å². The third-order valence-electron chi connectivity index (χ3n) is 2.68. The maximum atomic E-state index is 6.07. The lowest BCUT2D eigenvalue weighted by Crippen LogP contribution is -2.40. The molecule has 1 aliphatic heterocycles. The van der Waals surface area contributed by atoms with Crippen LogP contribution in [0.25, 0.3) is 0 Å². The maximum absolute atomic E-state index is 6.07. The second-order valence-electron chi connectivity index (χ2n) is 3.86. The minimum absolute atomic E-state index is 0.227.